The van der Waals surface area contributed by atoms with Crippen molar-refractivity contribution < 1.29 is 0 Å². The lowest BCUT2D eigenvalue weighted by Gasteiger charge is -2.32. The number of rotatable bonds is 7. The van der Waals surface area contributed by atoms with E-state index in [2.05, 4.69) is 39.5 Å². The molecule has 1 atom stereocenters. The second kappa shape index (κ2) is 6.41. The number of nitrogens with zero attached hydrogens (tertiary/aromatic N) is 1. The van der Waals surface area contributed by atoms with Crippen LogP contribution in [0.25, 0.3) is 0 Å². The Balaban J connectivity index is 4.02. The van der Waals surface area contributed by atoms with Gasteiger partial charge in [0.2, 0.25) is 0 Å². The summed E-state index contributed by atoms with van der Waals surface area (Å²) in [5, 5.41) is 0. The van der Waals surface area contributed by atoms with E-state index in [0.29, 0.717) is 0 Å². The highest BCUT2D eigenvalue weighted by Crippen LogP contribution is 2.16. The summed E-state index contributed by atoms with van der Waals surface area (Å²) in [7, 11) is 0. The van der Waals surface area contributed by atoms with E-state index in [0.717, 1.165) is 25.6 Å². The van der Waals surface area contributed by atoms with E-state index >= 15 is 0 Å². The molecule has 0 rings (SSSR count). The third kappa shape index (κ3) is 5.61. The molecule has 2 N–H and O–H groups in total. The number of hydrogen-bond acceptors (Lipinski definition) is 2. The summed E-state index contributed by atoms with van der Waals surface area (Å²) in [5.41, 5.74) is 6.00. The van der Waals surface area contributed by atoms with E-state index < -0.39 is 0 Å². The maximum atomic E-state index is 5.75. The molecule has 1 unspecified atom stereocenters. The van der Waals surface area contributed by atoms with Gasteiger partial charge in [-0.15, -0.1) is 0 Å². The normalized spacial score (nSPS) is 14.8. The smallest absolute Gasteiger partial charge is 0.00447 e. The van der Waals surface area contributed by atoms with Crippen LogP contribution in [0.3, 0.4) is 0 Å². The van der Waals surface area contributed by atoms with Gasteiger partial charge in [-0.2, -0.15) is 0 Å². The first-order valence-electron chi connectivity index (χ1n) is 5.87. The fourth-order valence-corrected chi connectivity index (χ4v) is 1.55. The minimum absolute atomic E-state index is 0.253. The molecule has 0 fully saturated rings. The van der Waals surface area contributed by atoms with Crippen molar-refractivity contribution in [2.45, 2.75) is 41.0 Å². The van der Waals surface area contributed by atoms with Crippen LogP contribution in [0.2, 0.25) is 0 Å². The number of nitrogens with two attached hydrogens (primary N) is 1. The third-order valence-corrected chi connectivity index (χ3v) is 2.92. The summed E-state index contributed by atoms with van der Waals surface area (Å²) >= 11 is 0. The zero-order chi connectivity index (χ0) is 11.2. The Hall–Kier alpha value is -0.0800. The molecule has 86 valence electrons. The molecule has 2 heteroatoms. The highest BCUT2D eigenvalue weighted by Gasteiger charge is 2.19. The Bertz CT molecular complexity index is 143. The predicted molar refractivity (Wildman–Crippen MR) is 64.4 cm³/mol. The van der Waals surface area contributed by atoms with Crippen LogP contribution in [-0.2, 0) is 0 Å². The van der Waals surface area contributed by atoms with E-state index in [1.54, 1.807) is 0 Å². The van der Waals surface area contributed by atoms with Gasteiger partial charge < -0.3 is 10.6 Å². The monoisotopic (exact) mass is 200 g/mol. The molecule has 0 spiro atoms. The molecule has 0 aliphatic rings. The van der Waals surface area contributed by atoms with Gasteiger partial charge in [0.25, 0.3) is 0 Å². The van der Waals surface area contributed by atoms with E-state index in [4.69, 9.17) is 5.73 Å². The Morgan fingerprint density at radius 3 is 2.21 bits per heavy atom. The van der Waals surface area contributed by atoms with E-state index in [-0.39, 0.29) is 5.41 Å². The fourth-order valence-electron chi connectivity index (χ4n) is 1.55. The molecule has 0 aromatic carbocycles. The Morgan fingerprint density at radius 2 is 1.86 bits per heavy atom. The van der Waals surface area contributed by atoms with Crippen LogP contribution in [0.4, 0.5) is 0 Å². The van der Waals surface area contributed by atoms with E-state index in [1.807, 2.05) is 0 Å². The maximum Gasteiger partial charge on any atom is 0.00447 e. The highest BCUT2D eigenvalue weighted by atomic mass is 15.1. The Morgan fingerprint density at radius 1 is 1.29 bits per heavy atom. The summed E-state index contributed by atoms with van der Waals surface area (Å²) in [4.78, 5) is 2.51. The largest absolute Gasteiger partial charge is 0.330 e. The van der Waals surface area contributed by atoms with Crippen LogP contribution in [0.15, 0.2) is 0 Å². The van der Waals surface area contributed by atoms with Gasteiger partial charge in [0, 0.05) is 13.1 Å². The van der Waals surface area contributed by atoms with Crippen LogP contribution >= 0.6 is 0 Å². The molecule has 0 aliphatic carbocycles. The molecule has 0 saturated heterocycles. The zero-order valence-corrected chi connectivity index (χ0v) is 10.6. The lowest BCUT2D eigenvalue weighted by Crippen LogP contribution is -2.40. The molecular formula is C12H28N2. The Kier molecular flexibility index (Phi) is 6.38. The van der Waals surface area contributed by atoms with Gasteiger partial charge in [-0.1, -0.05) is 41.0 Å². The second-order valence-electron chi connectivity index (χ2n) is 5.21. The molecule has 0 aromatic heterocycles. The maximum absolute atomic E-state index is 5.75. The van der Waals surface area contributed by atoms with Crippen molar-refractivity contribution >= 4 is 0 Å². The van der Waals surface area contributed by atoms with E-state index in [1.165, 1.54) is 13.0 Å². The van der Waals surface area contributed by atoms with Gasteiger partial charge in [0.15, 0.2) is 0 Å². The van der Waals surface area contributed by atoms with Gasteiger partial charge in [0.05, 0.1) is 0 Å². The van der Waals surface area contributed by atoms with Gasteiger partial charge in [-0.05, 0) is 24.4 Å². The summed E-state index contributed by atoms with van der Waals surface area (Å²) in [6.07, 6.45) is 1.26. The van der Waals surface area contributed by atoms with Crippen LogP contribution in [0.5, 0.6) is 0 Å². The Labute approximate surface area is 89.9 Å². The zero-order valence-electron chi connectivity index (χ0n) is 10.6. The molecule has 14 heavy (non-hydrogen) atoms. The van der Waals surface area contributed by atoms with Crippen LogP contribution in [-0.4, -0.2) is 31.1 Å². The lowest BCUT2D eigenvalue weighted by atomic mass is 9.92. The minimum atomic E-state index is 0.253. The van der Waals surface area contributed by atoms with Crippen molar-refractivity contribution in [2.24, 2.45) is 17.1 Å². The molecule has 0 aliphatic heterocycles. The first-order chi connectivity index (χ1) is 6.45. The fraction of sp³-hybridized carbons (Fsp3) is 1.00. The SMILES string of the molecule is CCC(C)CN(CC)CC(C)(C)CN. The van der Waals surface area contributed by atoms with Crippen LogP contribution in [0, 0.1) is 11.3 Å². The molecule has 2 nitrogen and oxygen atoms in total. The van der Waals surface area contributed by atoms with Gasteiger partial charge >= 0.3 is 0 Å². The lowest BCUT2D eigenvalue weighted by molar-refractivity contribution is 0.169. The second-order valence-corrected chi connectivity index (χ2v) is 5.21. The average molecular weight is 200 g/mol. The number of hydrogen-bond donors (Lipinski definition) is 1. The van der Waals surface area contributed by atoms with Crippen LogP contribution in [0.1, 0.15) is 41.0 Å². The summed E-state index contributed by atoms with van der Waals surface area (Å²) in [5.74, 6) is 0.795. The van der Waals surface area contributed by atoms with Gasteiger partial charge in [-0.3, -0.25) is 0 Å². The first-order valence-corrected chi connectivity index (χ1v) is 5.87. The molecule has 0 radical (unpaired) electrons. The van der Waals surface area contributed by atoms with E-state index in [9.17, 15) is 0 Å². The van der Waals surface area contributed by atoms with Crippen molar-refractivity contribution in [3.05, 3.63) is 0 Å². The standard InChI is InChI=1S/C12H28N2/c1-6-11(3)8-14(7-2)10-12(4,5)9-13/h11H,6-10,13H2,1-5H3. The van der Waals surface area contributed by atoms with Gasteiger partial charge in [0.1, 0.15) is 0 Å². The van der Waals surface area contributed by atoms with Crippen molar-refractivity contribution in [3.8, 4) is 0 Å². The van der Waals surface area contributed by atoms with Gasteiger partial charge in [-0.25, -0.2) is 0 Å². The van der Waals surface area contributed by atoms with Crippen LogP contribution < -0.4 is 5.73 Å². The van der Waals surface area contributed by atoms with Crippen molar-refractivity contribution in [1.29, 1.82) is 0 Å². The van der Waals surface area contributed by atoms with Crippen molar-refractivity contribution in [3.63, 3.8) is 0 Å². The summed E-state index contributed by atoms with van der Waals surface area (Å²) < 4.78 is 0. The molecular weight excluding hydrogens is 172 g/mol. The third-order valence-electron chi connectivity index (χ3n) is 2.92. The predicted octanol–water partition coefficient (Wildman–Crippen LogP) is 2.34. The molecule has 0 bridgehead atoms. The first kappa shape index (κ1) is 13.9. The van der Waals surface area contributed by atoms with Crippen molar-refractivity contribution in [2.75, 3.05) is 26.2 Å². The molecule has 0 saturated carbocycles. The quantitative estimate of drug-likeness (QED) is 0.683. The average Bonchev–Trinajstić information content (AvgIpc) is 2.16. The summed E-state index contributed by atoms with van der Waals surface area (Å²) in [6, 6.07) is 0. The topological polar surface area (TPSA) is 29.3 Å². The van der Waals surface area contributed by atoms with Crippen molar-refractivity contribution in [1.82, 2.24) is 4.90 Å². The molecule has 0 heterocycles. The highest BCUT2D eigenvalue weighted by molar-refractivity contribution is 4.75. The summed E-state index contributed by atoms with van der Waals surface area (Å²) in [6.45, 7) is 15.5. The molecule has 0 amide bonds. The molecule has 0 aromatic rings. The minimum Gasteiger partial charge on any atom is -0.330 e.